The molecule has 0 saturated carbocycles. The maximum atomic E-state index is 12.9. The second-order valence-corrected chi connectivity index (χ2v) is 7.28. The number of amides is 3. The Labute approximate surface area is 198 Å². The Morgan fingerprint density at radius 2 is 1.88 bits per heavy atom. The molecule has 1 heterocycles. The van der Waals surface area contributed by atoms with Gasteiger partial charge in [0.2, 0.25) is 5.91 Å². The van der Waals surface area contributed by atoms with Gasteiger partial charge in [0, 0.05) is 36.5 Å². The maximum absolute atomic E-state index is 12.9. The Balaban J connectivity index is 0.00000265. The summed E-state index contributed by atoms with van der Waals surface area (Å²) in [5.41, 5.74) is 1.79. The van der Waals surface area contributed by atoms with Gasteiger partial charge in [-0.3, -0.25) is 14.4 Å². The van der Waals surface area contributed by atoms with Crippen LogP contribution in [0.2, 0.25) is 0 Å². The molecule has 0 atom stereocenters. The molecule has 0 radical (unpaired) electrons. The molecular formula is C26H38N4O3. The smallest absolute Gasteiger partial charge is 0.255 e. The number of carbonyl (C=O) groups is 3. The molecule has 0 aliphatic carbocycles. The van der Waals surface area contributed by atoms with Gasteiger partial charge in [0.05, 0.1) is 5.57 Å². The van der Waals surface area contributed by atoms with Crippen LogP contribution in [-0.2, 0) is 9.59 Å². The van der Waals surface area contributed by atoms with Gasteiger partial charge in [-0.05, 0) is 64.1 Å². The topological polar surface area (TPSA) is 90.5 Å². The Kier molecular flexibility index (Phi) is 12.5. The quantitative estimate of drug-likeness (QED) is 0.413. The van der Waals surface area contributed by atoms with E-state index in [0.717, 1.165) is 25.9 Å². The molecule has 1 saturated heterocycles. The summed E-state index contributed by atoms with van der Waals surface area (Å²) in [5, 5.41) is 9.14. The number of benzene rings is 1. The molecule has 33 heavy (non-hydrogen) atoms. The van der Waals surface area contributed by atoms with E-state index in [4.69, 9.17) is 0 Å². The van der Waals surface area contributed by atoms with Crippen molar-refractivity contribution in [1.82, 2.24) is 16.0 Å². The van der Waals surface area contributed by atoms with Gasteiger partial charge in [0.15, 0.2) is 0 Å². The number of carbonyl (C=O) groups excluding carboxylic acids is 3. The number of hydrogen-bond acceptors (Lipinski definition) is 4. The fourth-order valence-corrected chi connectivity index (χ4v) is 3.53. The number of nitrogens with one attached hydrogen (secondary N) is 3. The van der Waals surface area contributed by atoms with Crippen LogP contribution in [0.1, 0.15) is 57.8 Å². The predicted molar refractivity (Wildman–Crippen MR) is 135 cm³/mol. The van der Waals surface area contributed by atoms with Crippen molar-refractivity contribution in [3.05, 3.63) is 65.9 Å². The number of allylic oxidation sites excluding steroid dienone is 3. The summed E-state index contributed by atoms with van der Waals surface area (Å²) < 4.78 is 0. The number of piperidine rings is 1. The van der Waals surface area contributed by atoms with E-state index in [-0.39, 0.29) is 23.8 Å². The van der Waals surface area contributed by atoms with Crippen molar-refractivity contribution < 1.29 is 14.4 Å². The summed E-state index contributed by atoms with van der Waals surface area (Å²) in [7, 11) is 0. The fraction of sp³-hybridized carbons (Fsp3) is 0.423. The highest BCUT2D eigenvalue weighted by Gasteiger charge is 2.21. The lowest BCUT2D eigenvalue weighted by Crippen LogP contribution is -2.44. The predicted octanol–water partition coefficient (Wildman–Crippen LogP) is 3.70. The van der Waals surface area contributed by atoms with Crippen molar-refractivity contribution in [1.29, 1.82) is 0 Å². The minimum Gasteiger partial charge on any atom is -0.349 e. The van der Waals surface area contributed by atoms with Gasteiger partial charge in [0.1, 0.15) is 0 Å². The van der Waals surface area contributed by atoms with E-state index in [1.165, 1.54) is 13.0 Å². The highest BCUT2D eigenvalue weighted by atomic mass is 16.2. The van der Waals surface area contributed by atoms with E-state index in [2.05, 4.69) is 22.5 Å². The highest BCUT2D eigenvalue weighted by molar-refractivity contribution is 6.02. The SMILES string of the molecule is C=C/C=C(C(=O)NC1CCNCC1)\C(=C/C)NC(=O)c1cccc(N(CC)C(C)=O)c1.CC. The zero-order valence-electron chi connectivity index (χ0n) is 20.5. The zero-order chi connectivity index (χ0) is 24.8. The number of rotatable bonds is 8. The van der Waals surface area contributed by atoms with Gasteiger partial charge < -0.3 is 20.9 Å². The first-order valence-electron chi connectivity index (χ1n) is 11.6. The summed E-state index contributed by atoms with van der Waals surface area (Å²) in [6.45, 7) is 15.1. The van der Waals surface area contributed by atoms with E-state index in [0.29, 0.717) is 29.1 Å². The van der Waals surface area contributed by atoms with Crippen LogP contribution in [-0.4, -0.2) is 43.4 Å². The van der Waals surface area contributed by atoms with Crippen molar-refractivity contribution in [2.75, 3.05) is 24.5 Å². The fourth-order valence-electron chi connectivity index (χ4n) is 3.53. The molecule has 2 rings (SSSR count). The molecule has 7 heteroatoms. The second kappa shape index (κ2) is 14.8. The molecule has 3 amide bonds. The normalized spacial score (nSPS) is 14.5. The van der Waals surface area contributed by atoms with Crippen molar-refractivity contribution in [3.8, 4) is 0 Å². The van der Waals surface area contributed by atoms with E-state index in [9.17, 15) is 14.4 Å². The van der Waals surface area contributed by atoms with E-state index < -0.39 is 0 Å². The van der Waals surface area contributed by atoms with Crippen molar-refractivity contribution in [2.45, 2.75) is 53.5 Å². The zero-order valence-corrected chi connectivity index (χ0v) is 20.5. The van der Waals surface area contributed by atoms with Crippen LogP contribution in [0, 0.1) is 0 Å². The number of anilines is 1. The van der Waals surface area contributed by atoms with Crippen LogP contribution >= 0.6 is 0 Å². The standard InChI is InChI=1S/C24H32N4O3.C2H6/c1-5-9-21(24(31)26-19-12-14-25-15-13-19)22(6-2)27-23(30)18-10-8-11-20(16-18)28(7-3)17(4)29;1-2/h5-6,8-11,16,19,25H,1,7,12-15H2,2-4H3,(H,26,31)(H,27,30);1-2H3/b21-9+,22-6+;. The summed E-state index contributed by atoms with van der Waals surface area (Å²) in [5.74, 6) is -0.707. The first-order chi connectivity index (χ1) is 15.9. The average Bonchev–Trinajstić information content (AvgIpc) is 2.83. The first-order valence-corrected chi connectivity index (χ1v) is 11.6. The van der Waals surface area contributed by atoms with Crippen molar-refractivity contribution in [2.24, 2.45) is 0 Å². The van der Waals surface area contributed by atoms with Crippen LogP contribution in [0.3, 0.4) is 0 Å². The molecular weight excluding hydrogens is 416 g/mol. The van der Waals surface area contributed by atoms with Gasteiger partial charge in [-0.1, -0.05) is 38.6 Å². The van der Waals surface area contributed by atoms with E-state index in [1.54, 1.807) is 48.2 Å². The molecule has 0 spiro atoms. The summed E-state index contributed by atoms with van der Waals surface area (Å²) in [4.78, 5) is 39.2. The monoisotopic (exact) mass is 454 g/mol. The van der Waals surface area contributed by atoms with Gasteiger partial charge in [-0.15, -0.1) is 0 Å². The molecule has 180 valence electrons. The molecule has 1 aromatic rings. The third-order valence-electron chi connectivity index (χ3n) is 5.15. The minimum atomic E-state index is -0.362. The molecule has 1 aliphatic rings. The molecule has 1 aromatic carbocycles. The maximum Gasteiger partial charge on any atom is 0.255 e. The van der Waals surface area contributed by atoms with Gasteiger partial charge in [0.25, 0.3) is 11.8 Å². The van der Waals surface area contributed by atoms with Gasteiger partial charge >= 0.3 is 0 Å². The second-order valence-electron chi connectivity index (χ2n) is 7.28. The lowest BCUT2D eigenvalue weighted by Gasteiger charge is -2.24. The molecule has 0 bridgehead atoms. The number of hydrogen-bond donors (Lipinski definition) is 3. The number of nitrogens with zero attached hydrogens (tertiary/aromatic N) is 1. The first kappa shape index (κ1) is 27.8. The Morgan fingerprint density at radius 1 is 1.21 bits per heavy atom. The Hall–Kier alpha value is -3.19. The van der Waals surface area contributed by atoms with Crippen LogP contribution < -0.4 is 20.9 Å². The molecule has 7 nitrogen and oxygen atoms in total. The van der Waals surface area contributed by atoms with Crippen molar-refractivity contribution >= 4 is 23.4 Å². The summed E-state index contributed by atoms with van der Waals surface area (Å²) >= 11 is 0. The minimum absolute atomic E-state index is 0.0964. The van der Waals surface area contributed by atoms with Crippen LogP contribution in [0.25, 0.3) is 0 Å². The molecule has 3 N–H and O–H groups in total. The Bertz CT molecular complexity index is 883. The third kappa shape index (κ3) is 8.35. The largest absolute Gasteiger partial charge is 0.349 e. The Morgan fingerprint density at radius 3 is 2.42 bits per heavy atom. The van der Waals surface area contributed by atoms with Crippen LogP contribution in [0.5, 0.6) is 0 Å². The van der Waals surface area contributed by atoms with E-state index in [1.807, 2.05) is 20.8 Å². The lowest BCUT2D eigenvalue weighted by atomic mass is 10.0. The lowest BCUT2D eigenvalue weighted by molar-refractivity contribution is -0.118. The summed E-state index contributed by atoms with van der Waals surface area (Å²) in [6, 6.07) is 6.95. The molecule has 1 fully saturated rings. The van der Waals surface area contributed by atoms with Crippen LogP contribution in [0.15, 0.2) is 60.3 Å². The van der Waals surface area contributed by atoms with Gasteiger partial charge in [-0.2, -0.15) is 0 Å². The average molecular weight is 455 g/mol. The third-order valence-corrected chi connectivity index (χ3v) is 5.15. The molecule has 0 unspecified atom stereocenters. The van der Waals surface area contributed by atoms with Crippen molar-refractivity contribution in [3.63, 3.8) is 0 Å². The highest BCUT2D eigenvalue weighted by Crippen LogP contribution is 2.18. The molecule has 1 aliphatic heterocycles. The van der Waals surface area contributed by atoms with E-state index >= 15 is 0 Å². The van der Waals surface area contributed by atoms with Gasteiger partial charge in [-0.25, -0.2) is 0 Å². The van der Waals surface area contributed by atoms with Crippen LogP contribution in [0.4, 0.5) is 5.69 Å². The molecule has 0 aromatic heterocycles. The summed E-state index contributed by atoms with van der Waals surface area (Å²) in [6.07, 6.45) is 6.53.